The number of amides is 2. The molecule has 32 heavy (non-hydrogen) atoms. The summed E-state index contributed by atoms with van der Waals surface area (Å²) in [6.45, 7) is 6.38. The fourth-order valence-corrected chi connectivity index (χ4v) is 5.46. The molecule has 3 aliphatic heterocycles. The molecule has 2 saturated heterocycles. The number of aryl methyl sites for hydroxylation is 2. The van der Waals surface area contributed by atoms with Gasteiger partial charge in [-0.2, -0.15) is 0 Å². The maximum absolute atomic E-state index is 13.3. The Hall–Kier alpha value is -3.23. The van der Waals surface area contributed by atoms with E-state index >= 15 is 0 Å². The predicted octanol–water partition coefficient (Wildman–Crippen LogP) is 1.92. The van der Waals surface area contributed by atoms with Gasteiger partial charge in [-0.25, -0.2) is 0 Å². The lowest BCUT2D eigenvalue weighted by Crippen LogP contribution is -2.37. The Morgan fingerprint density at radius 1 is 1.12 bits per heavy atom. The average molecular weight is 440 g/mol. The molecular weight excluding hydrogens is 410 g/mol. The largest absolute Gasteiger partial charge is 0.483 e. The van der Waals surface area contributed by atoms with Crippen LogP contribution in [0.5, 0.6) is 0 Å². The molecule has 3 atom stereocenters. The van der Waals surface area contributed by atoms with Gasteiger partial charge < -0.3 is 19.5 Å². The van der Waals surface area contributed by atoms with E-state index in [4.69, 9.17) is 9.90 Å². The van der Waals surface area contributed by atoms with Crippen LogP contribution in [0.25, 0.3) is 0 Å². The van der Waals surface area contributed by atoms with Crippen LogP contribution in [-0.4, -0.2) is 67.6 Å². The van der Waals surface area contributed by atoms with Crippen LogP contribution in [0.15, 0.2) is 24.3 Å². The Labute approximate surface area is 187 Å². The highest BCUT2D eigenvalue weighted by Crippen LogP contribution is 2.46. The second-order valence-electron chi connectivity index (χ2n) is 8.76. The van der Waals surface area contributed by atoms with Gasteiger partial charge in [-0.05, 0) is 30.9 Å². The van der Waals surface area contributed by atoms with Crippen molar-refractivity contribution in [1.82, 2.24) is 24.6 Å². The number of nitrogens with zero attached hydrogens (tertiary/aromatic N) is 5. The summed E-state index contributed by atoms with van der Waals surface area (Å²) in [7, 11) is 0. The molecule has 1 aromatic heterocycles. The van der Waals surface area contributed by atoms with Gasteiger partial charge in [0.05, 0.1) is 6.04 Å². The van der Waals surface area contributed by atoms with Gasteiger partial charge in [0.15, 0.2) is 0 Å². The Kier molecular flexibility index (Phi) is 6.25. The lowest BCUT2D eigenvalue weighted by Gasteiger charge is -2.30. The summed E-state index contributed by atoms with van der Waals surface area (Å²) < 4.78 is 2.00. The minimum atomic E-state index is -0.250. The molecule has 170 valence electrons. The number of hydrogen-bond donors (Lipinski definition) is 1. The topological polar surface area (TPSA) is 109 Å². The van der Waals surface area contributed by atoms with E-state index in [1.54, 1.807) is 6.92 Å². The molecule has 9 heteroatoms. The van der Waals surface area contributed by atoms with Crippen molar-refractivity contribution >= 4 is 18.3 Å². The third-order valence-electron chi connectivity index (χ3n) is 6.91. The molecule has 1 aromatic carbocycles. The maximum Gasteiger partial charge on any atom is 0.291 e. The van der Waals surface area contributed by atoms with Crippen molar-refractivity contribution in [2.45, 2.75) is 45.7 Å². The van der Waals surface area contributed by atoms with Gasteiger partial charge in [-0.1, -0.05) is 24.3 Å². The minimum absolute atomic E-state index is 0.0158. The van der Waals surface area contributed by atoms with E-state index in [-0.39, 0.29) is 30.2 Å². The molecule has 2 fully saturated rings. The van der Waals surface area contributed by atoms with Gasteiger partial charge in [0.25, 0.3) is 12.4 Å². The summed E-state index contributed by atoms with van der Waals surface area (Å²) in [4.78, 5) is 37.9. The molecule has 1 N–H and O–H groups in total. The first-order valence-electron chi connectivity index (χ1n) is 11.1. The number of aromatic nitrogens is 3. The fraction of sp³-hybridized carbons (Fsp3) is 0.522. The number of hydrogen-bond acceptors (Lipinski definition) is 5. The third kappa shape index (κ3) is 3.87. The second kappa shape index (κ2) is 9.10. The Morgan fingerprint density at radius 3 is 2.59 bits per heavy atom. The summed E-state index contributed by atoms with van der Waals surface area (Å²) in [5.74, 6) is 2.06. The number of benzene rings is 1. The third-order valence-corrected chi connectivity index (χ3v) is 6.91. The van der Waals surface area contributed by atoms with E-state index in [1.807, 2.05) is 26.5 Å². The summed E-state index contributed by atoms with van der Waals surface area (Å²) >= 11 is 0. The standard InChI is InChI=1S/C22H27N5O2.CH2O2/c1-14-7-3-4-8-17(14)20-18-13-25(11-16(18)12-27(20)15(2)28)22(29)21-24-23-19-9-5-6-10-26(19)21;2-1-3/h3-4,7-8,16,18,20H,5-6,9-13H2,1-2H3;1H,(H,2,3)/t16-,18-,20+;/m1./s1. The highest BCUT2D eigenvalue weighted by molar-refractivity contribution is 5.91. The number of carboxylic acid groups (broad SMARTS) is 1. The lowest BCUT2D eigenvalue weighted by molar-refractivity contribution is -0.130. The van der Waals surface area contributed by atoms with Gasteiger partial charge in [0.1, 0.15) is 5.82 Å². The van der Waals surface area contributed by atoms with Crippen LogP contribution >= 0.6 is 0 Å². The second-order valence-corrected chi connectivity index (χ2v) is 8.76. The molecule has 2 aromatic rings. The van der Waals surface area contributed by atoms with Crippen LogP contribution in [-0.2, 0) is 22.6 Å². The van der Waals surface area contributed by atoms with Crippen LogP contribution in [0.2, 0.25) is 0 Å². The highest BCUT2D eigenvalue weighted by Gasteiger charge is 2.50. The van der Waals surface area contributed by atoms with Crippen molar-refractivity contribution in [3.8, 4) is 0 Å². The van der Waals surface area contributed by atoms with Gasteiger partial charge in [-0.3, -0.25) is 14.4 Å². The van der Waals surface area contributed by atoms with E-state index in [0.29, 0.717) is 31.4 Å². The van der Waals surface area contributed by atoms with Gasteiger partial charge in [0, 0.05) is 51.4 Å². The van der Waals surface area contributed by atoms with Crippen molar-refractivity contribution in [2.75, 3.05) is 19.6 Å². The first kappa shape index (κ1) is 22.0. The van der Waals surface area contributed by atoms with E-state index < -0.39 is 0 Å². The molecule has 0 radical (unpaired) electrons. The van der Waals surface area contributed by atoms with Crippen molar-refractivity contribution < 1.29 is 19.5 Å². The van der Waals surface area contributed by atoms with Crippen molar-refractivity contribution in [1.29, 1.82) is 0 Å². The van der Waals surface area contributed by atoms with E-state index in [9.17, 15) is 9.59 Å². The zero-order valence-corrected chi connectivity index (χ0v) is 18.5. The lowest BCUT2D eigenvalue weighted by atomic mass is 9.87. The van der Waals surface area contributed by atoms with Crippen LogP contribution in [0, 0.1) is 18.8 Å². The molecule has 0 unspecified atom stereocenters. The summed E-state index contributed by atoms with van der Waals surface area (Å²) in [6, 6.07) is 8.32. The smallest absolute Gasteiger partial charge is 0.291 e. The van der Waals surface area contributed by atoms with Crippen LogP contribution < -0.4 is 0 Å². The SMILES string of the molecule is CC(=O)N1C[C@H]2CN(C(=O)c3nnc4n3CCCC4)C[C@H]2[C@@H]1c1ccccc1C.O=CO. The molecule has 0 bridgehead atoms. The fourth-order valence-electron chi connectivity index (χ4n) is 5.46. The Balaban J connectivity index is 0.000000775. The first-order valence-corrected chi connectivity index (χ1v) is 11.1. The zero-order valence-electron chi connectivity index (χ0n) is 18.5. The molecule has 0 spiro atoms. The normalized spacial score (nSPS) is 23.8. The Morgan fingerprint density at radius 2 is 1.88 bits per heavy atom. The van der Waals surface area contributed by atoms with Crippen LogP contribution in [0.4, 0.5) is 0 Å². The number of fused-ring (bicyclic) bond motifs is 2. The van der Waals surface area contributed by atoms with E-state index in [0.717, 1.165) is 31.6 Å². The van der Waals surface area contributed by atoms with Gasteiger partial charge in [-0.15, -0.1) is 10.2 Å². The first-order chi connectivity index (χ1) is 15.5. The minimum Gasteiger partial charge on any atom is -0.483 e. The Bertz CT molecular complexity index is 1020. The summed E-state index contributed by atoms with van der Waals surface area (Å²) in [6.07, 6.45) is 3.08. The summed E-state index contributed by atoms with van der Waals surface area (Å²) in [5.41, 5.74) is 2.39. The summed E-state index contributed by atoms with van der Waals surface area (Å²) in [5, 5.41) is 15.4. The number of rotatable bonds is 2. The van der Waals surface area contributed by atoms with Gasteiger partial charge in [0.2, 0.25) is 11.7 Å². The average Bonchev–Trinajstić information content (AvgIpc) is 3.47. The quantitative estimate of drug-likeness (QED) is 0.716. The molecule has 3 aliphatic rings. The maximum atomic E-state index is 13.3. The van der Waals surface area contributed by atoms with E-state index in [2.05, 4.69) is 29.3 Å². The van der Waals surface area contributed by atoms with Crippen molar-refractivity contribution in [3.05, 3.63) is 47.0 Å². The predicted molar refractivity (Wildman–Crippen MR) is 116 cm³/mol. The van der Waals surface area contributed by atoms with Crippen molar-refractivity contribution in [3.63, 3.8) is 0 Å². The number of carbonyl (C=O) groups is 3. The molecule has 0 saturated carbocycles. The highest BCUT2D eigenvalue weighted by atomic mass is 16.3. The molecule has 5 rings (SSSR count). The molecule has 2 amide bonds. The van der Waals surface area contributed by atoms with Gasteiger partial charge >= 0.3 is 0 Å². The zero-order chi connectivity index (χ0) is 22.8. The number of likely N-dealkylation sites (tertiary alicyclic amines) is 2. The van der Waals surface area contributed by atoms with Crippen molar-refractivity contribution in [2.24, 2.45) is 11.8 Å². The monoisotopic (exact) mass is 439 g/mol. The molecule has 4 heterocycles. The molecule has 0 aliphatic carbocycles. The van der Waals surface area contributed by atoms with Crippen LogP contribution in [0.3, 0.4) is 0 Å². The number of carbonyl (C=O) groups excluding carboxylic acids is 2. The van der Waals surface area contributed by atoms with Crippen LogP contribution in [0.1, 0.15) is 53.4 Å². The molecule has 9 nitrogen and oxygen atoms in total. The molecular formula is C23H29N5O4. The van der Waals surface area contributed by atoms with E-state index in [1.165, 1.54) is 11.1 Å².